The molecule has 1 aromatic rings. The van der Waals surface area contributed by atoms with Gasteiger partial charge < -0.3 is 9.30 Å². The van der Waals surface area contributed by atoms with Gasteiger partial charge in [-0.05, 0) is 78.7 Å². The average molecular weight is 389 g/mol. The number of rotatable bonds is 3. The van der Waals surface area contributed by atoms with Crippen LogP contribution in [-0.4, -0.2) is 43.8 Å². The minimum atomic E-state index is -0.390. The second kappa shape index (κ2) is 8.13. The van der Waals surface area contributed by atoms with Gasteiger partial charge in [-0.15, -0.1) is 10.2 Å². The lowest BCUT2D eigenvalue weighted by molar-refractivity contribution is -0.161. The molecule has 2 aliphatic heterocycles. The van der Waals surface area contributed by atoms with Gasteiger partial charge in [-0.3, -0.25) is 9.69 Å². The van der Waals surface area contributed by atoms with Crippen LogP contribution in [-0.2, 0) is 22.5 Å². The highest BCUT2D eigenvalue weighted by molar-refractivity contribution is 5.73. The molecule has 0 amide bonds. The Morgan fingerprint density at radius 1 is 0.964 bits per heavy atom. The van der Waals surface area contributed by atoms with E-state index in [2.05, 4.69) is 19.7 Å². The van der Waals surface area contributed by atoms with Crippen LogP contribution < -0.4 is 0 Å². The van der Waals surface area contributed by atoms with Gasteiger partial charge in [0.05, 0.1) is 12.0 Å². The molecule has 1 saturated carbocycles. The number of ether oxygens (including phenoxy) is 1. The van der Waals surface area contributed by atoms with E-state index >= 15 is 0 Å². The zero-order valence-electron chi connectivity index (χ0n) is 17.8. The summed E-state index contributed by atoms with van der Waals surface area (Å²) in [6.45, 7) is 8.08. The minimum absolute atomic E-state index is 0.00679. The van der Waals surface area contributed by atoms with Crippen LogP contribution in [0.2, 0.25) is 0 Å². The van der Waals surface area contributed by atoms with Gasteiger partial charge in [0.1, 0.15) is 17.2 Å². The summed E-state index contributed by atoms with van der Waals surface area (Å²) in [6.07, 6.45) is 11.3. The van der Waals surface area contributed by atoms with E-state index in [1.54, 1.807) is 0 Å². The van der Waals surface area contributed by atoms with Crippen LogP contribution in [0.1, 0.15) is 96.2 Å². The van der Waals surface area contributed by atoms with Crippen molar-refractivity contribution < 1.29 is 9.53 Å². The van der Waals surface area contributed by atoms with Crippen LogP contribution in [0.3, 0.4) is 0 Å². The molecule has 3 heterocycles. The average Bonchev–Trinajstić information content (AvgIpc) is 3.11. The van der Waals surface area contributed by atoms with Crippen molar-refractivity contribution in [3.8, 4) is 0 Å². The third-order valence-corrected chi connectivity index (χ3v) is 6.64. The van der Waals surface area contributed by atoms with Crippen LogP contribution in [0.15, 0.2) is 0 Å². The summed E-state index contributed by atoms with van der Waals surface area (Å²) in [6, 6.07) is 0.955. The van der Waals surface area contributed by atoms with Crippen LogP contribution >= 0.6 is 0 Å². The molecule has 0 spiro atoms. The largest absolute Gasteiger partial charge is 0.460 e. The fourth-order valence-electron chi connectivity index (χ4n) is 5.27. The lowest BCUT2D eigenvalue weighted by Gasteiger charge is -2.43. The summed E-state index contributed by atoms with van der Waals surface area (Å²) in [5.74, 6) is 2.44. The maximum Gasteiger partial charge on any atom is 0.309 e. The molecule has 0 N–H and O–H groups in total. The summed E-state index contributed by atoms with van der Waals surface area (Å²) < 4.78 is 8.03. The topological polar surface area (TPSA) is 60.2 Å². The van der Waals surface area contributed by atoms with Crippen molar-refractivity contribution in [3.05, 3.63) is 11.6 Å². The van der Waals surface area contributed by atoms with E-state index in [9.17, 15) is 4.79 Å². The predicted molar refractivity (Wildman–Crippen MR) is 108 cm³/mol. The molecule has 6 heteroatoms. The van der Waals surface area contributed by atoms with Crippen molar-refractivity contribution in [2.45, 2.75) is 109 Å². The number of aryl methyl sites for hydroxylation is 1. The Hall–Kier alpha value is -1.43. The molecule has 4 rings (SSSR count). The SMILES string of the molecule is CC(C)(C)OC(=O)C1CCC(N2CCCC[C@H]2c2nnc3n2CCCC3)CC1. The third-order valence-electron chi connectivity index (χ3n) is 6.64. The molecule has 0 aromatic carbocycles. The Morgan fingerprint density at radius 3 is 2.46 bits per heavy atom. The molecule has 0 radical (unpaired) electrons. The van der Waals surface area contributed by atoms with Crippen molar-refractivity contribution in [2.75, 3.05) is 6.54 Å². The van der Waals surface area contributed by atoms with E-state index < -0.39 is 5.60 Å². The first kappa shape index (κ1) is 19.9. The summed E-state index contributed by atoms with van der Waals surface area (Å²) in [5.41, 5.74) is -0.390. The Labute approximate surface area is 169 Å². The molecule has 3 aliphatic rings. The van der Waals surface area contributed by atoms with Crippen LogP contribution in [0.5, 0.6) is 0 Å². The lowest BCUT2D eigenvalue weighted by atomic mass is 9.83. The van der Waals surface area contributed by atoms with Crippen molar-refractivity contribution in [1.82, 2.24) is 19.7 Å². The molecular weight excluding hydrogens is 352 g/mol. The first-order chi connectivity index (χ1) is 13.4. The first-order valence-electron chi connectivity index (χ1n) is 11.3. The van der Waals surface area contributed by atoms with Gasteiger partial charge in [0, 0.05) is 19.0 Å². The van der Waals surface area contributed by atoms with Crippen molar-refractivity contribution in [3.63, 3.8) is 0 Å². The van der Waals surface area contributed by atoms with Gasteiger partial charge >= 0.3 is 5.97 Å². The highest BCUT2D eigenvalue weighted by Gasteiger charge is 2.37. The smallest absolute Gasteiger partial charge is 0.309 e. The molecule has 1 aromatic heterocycles. The third kappa shape index (κ3) is 4.27. The van der Waals surface area contributed by atoms with Gasteiger partial charge in [0.15, 0.2) is 0 Å². The zero-order valence-corrected chi connectivity index (χ0v) is 17.8. The van der Waals surface area contributed by atoms with Crippen molar-refractivity contribution in [2.24, 2.45) is 5.92 Å². The second-order valence-electron chi connectivity index (χ2n) is 9.87. The highest BCUT2D eigenvalue weighted by Crippen LogP contribution is 2.38. The first-order valence-corrected chi connectivity index (χ1v) is 11.3. The number of nitrogens with zero attached hydrogens (tertiary/aromatic N) is 4. The number of carbonyl (C=O) groups is 1. The lowest BCUT2D eigenvalue weighted by Crippen LogP contribution is -2.45. The quantitative estimate of drug-likeness (QED) is 0.731. The number of piperidine rings is 1. The Balaban J connectivity index is 1.42. The molecule has 2 fully saturated rings. The van der Waals surface area contributed by atoms with Gasteiger partial charge in [-0.25, -0.2) is 0 Å². The molecule has 0 unspecified atom stereocenters. The minimum Gasteiger partial charge on any atom is -0.460 e. The van der Waals surface area contributed by atoms with Gasteiger partial charge in [-0.2, -0.15) is 0 Å². The number of fused-ring (bicyclic) bond motifs is 1. The van der Waals surface area contributed by atoms with Crippen LogP contribution in [0.25, 0.3) is 0 Å². The predicted octanol–water partition coefficient (Wildman–Crippen LogP) is 4.04. The fourth-order valence-corrected chi connectivity index (χ4v) is 5.27. The highest BCUT2D eigenvalue weighted by atomic mass is 16.6. The van der Waals surface area contributed by atoms with E-state index in [1.165, 1.54) is 43.8 Å². The Kier molecular flexibility index (Phi) is 5.77. The maximum atomic E-state index is 12.5. The van der Waals surface area contributed by atoms with Crippen LogP contribution in [0.4, 0.5) is 0 Å². The van der Waals surface area contributed by atoms with Crippen molar-refractivity contribution >= 4 is 5.97 Å². The molecule has 28 heavy (non-hydrogen) atoms. The number of likely N-dealkylation sites (tertiary alicyclic amines) is 1. The van der Waals surface area contributed by atoms with Gasteiger partial charge in [0.2, 0.25) is 0 Å². The van der Waals surface area contributed by atoms with E-state index in [0.717, 1.165) is 45.2 Å². The molecule has 156 valence electrons. The summed E-state index contributed by atoms with van der Waals surface area (Å²) >= 11 is 0. The molecule has 1 atom stereocenters. The van der Waals surface area contributed by atoms with Crippen LogP contribution in [0, 0.1) is 5.92 Å². The summed E-state index contributed by atoms with van der Waals surface area (Å²) in [5, 5.41) is 9.15. The molecule has 1 aliphatic carbocycles. The molecule has 0 bridgehead atoms. The van der Waals surface area contributed by atoms with E-state index in [1.807, 2.05) is 20.8 Å². The number of aromatic nitrogens is 3. The second-order valence-corrected chi connectivity index (χ2v) is 9.87. The fraction of sp³-hybridized carbons (Fsp3) is 0.864. The number of esters is 1. The maximum absolute atomic E-state index is 12.5. The van der Waals surface area contributed by atoms with E-state index in [0.29, 0.717) is 12.1 Å². The zero-order chi connectivity index (χ0) is 19.7. The number of hydrogen-bond acceptors (Lipinski definition) is 5. The number of carbonyl (C=O) groups excluding carboxylic acids is 1. The van der Waals surface area contributed by atoms with Gasteiger partial charge in [-0.1, -0.05) is 6.42 Å². The standard InChI is InChI=1S/C22H36N4O2/c1-22(2,3)28-21(27)16-10-12-17(13-11-16)25-14-6-4-8-18(25)20-24-23-19-9-5-7-15-26(19)20/h16-18H,4-15H2,1-3H3/t16?,17?,18-/m0/s1. The Bertz CT molecular complexity index is 685. The number of hydrogen-bond donors (Lipinski definition) is 0. The van der Waals surface area contributed by atoms with Crippen molar-refractivity contribution in [1.29, 1.82) is 0 Å². The Morgan fingerprint density at radius 2 is 1.71 bits per heavy atom. The van der Waals surface area contributed by atoms with Gasteiger partial charge in [0.25, 0.3) is 0 Å². The summed E-state index contributed by atoms with van der Waals surface area (Å²) in [7, 11) is 0. The molecule has 6 nitrogen and oxygen atoms in total. The van der Waals surface area contributed by atoms with E-state index in [4.69, 9.17) is 4.74 Å². The monoisotopic (exact) mass is 388 g/mol. The summed E-state index contributed by atoms with van der Waals surface area (Å²) in [4.78, 5) is 15.1. The molecule has 1 saturated heterocycles. The normalized spacial score (nSPS) is 29.3. The van der Waals surface area contributed by atoms with E-state index in [-0.39, 0.29) is 11.9 Å². The molecular formula is C22H36N4O2.